The van der Waals surface area contributed by atoms with Gasteiger partial charge in [0, 0.05) is 18.5 Å². The normalized spacial score (nSPS) is 13.1. The maximum atomic E-state index is 4.47. The zero-order valence-corrected chi connectivity index (χ0v) is 10.8. The molecular weight excluding hydrogens is 256 g/mol. The molecule has 1 aliphatic rings. The number of thiazole rings is 1. The van der Waals surface area contributed by atoms with E-state index >= 15 is 0 Å². The second-order valence-electron chi connectivity index (χ2n) is 4.69. The highest BCUT2D eigenvalue weighted by Crippen LogP contribution is 2.35. The van der Waals surface area contributed by atoms with Crippen LogP contribution in [0.5, 0.6) is 0 Å². The maximum Gasteiger partial charge on any atom is 0.274 e. The van der Waals surface area contributed by atoms with Crippen LogP contribution in [0.2, 0.25) is 0 Å². The molecule has 0 spiro atoms. The average Bonchev–Trinajstić information content (AvgIpc) is 3.07. The minimum absolute atomic E-state index is 0.863. The summed E-state index contributed by atoms with van der Waals surface area (Å²) < 4.78 is 4.35. The first-order valence-electron chi connectivity index (χ1n) is 6.15. The summed E-state index contributed by atoms with van der Waals surface area (Å²) in [6.45, 7) is 0.863. The summed E-state index contributed by atoms with van der Waals surface area (Å²) in [6, 6.07) is 10.4. The molecule has 5 rings (SSSR count). The number of fused-ring (bicyclic) bond motifs is 7. The van der Waals surface area contributed by atoms with Gasteiger partial charge >= 0.3 is 0 Å². The fourth-order valence-corrected chi connectivity index (χ4v) is 4.05. The largest absolute Gasteiger partial charge is 0.274 e. The van der Waals surface area contributed by atoms with Crippen molar-refractivity contribution in [2.24, 2.45) is 0 Å². The Bertz CT molecular complexity index is 951. The summed E-state index contributed by atoms with van der Waals surface area (Å²) >= 11 is 1.79. The van der Waals surface area contributed by atoms with E-state index in [0.717, 1.165) is 12.1 Å². The molecule has 0 aromatic carbocycles. The van der Waals surface area contributed by atoms with Gasteiger partial charge < -0.3 is 0 Å². The smallest absolute Gasteiger partial charge is 0.254 e. The van der Waals surface area contributed by atoms with Crippen LogP contribution < -0.4 is 4.57 Å². The van der Waals surface area contributed by atoms with Gasteiger partial charge in [-0.3, -0.25) is 4.98 Å². The van der Waals surface area contributed by atoms with E-state index in [9.17, 15) is 0 Å². The van der Waals surface area contributed by atoms with Gasteiger partial charge in [-0.1, -0.05) is 0 Å². The maximum absolute atomic E-state index is 4.47. The van der Waals surface area contributed by atoms with Gasteiger partial charge in [-0.25, -0.2) is 4.52 Å². The molecule has 90 valence electrons. The Labute approximate surface area is 112 Å². The lowest BCUT2D eigenvalue weighted by Crippen LogP contribution is -2.30. The lowest BCUT2D eigenvalue weighted by Gasteiger charge is -1.90. The predicted octanol–water partition coefficient (Wildman–Crippen LogP) is 2.26. The van der Waals surface area contributed by atoms with Crippen LogP contribution in [-0.2, 0) is 6.54 Å². The number of pyridine rings is 1. The Balaban J connectivity index is 1.93. The molecule has 0 unspecified atom stereocenters. The standard InChI is InChI=1S/C14H9N4S/c1-3-9-7-12-14(18(9)16-6-1)19-13-10-4-2-5-15-11(10)8-17(12)13/h1-7H,8H2/q+1. The van der Waals surface area contributed by atoms with Crippen molar-refractivity contribution in [3.63, 3.8) is 0 Å². The molecule has 5 heteroatoms. The quantitative estimate of drug-likeness (QED) is 0.402. The van der Waals surface area contributed by atoms with E-state index < -0.39 is 0 Å². The van der Waals surface area contributed by atoms with Gasteiger partial charge in [0.15, 0.2) is 11.4 Å². The van der Waals surface area contributed by atoms with E-state index in [1.54, 1.807) is 11.3 Å². The van der Waals surface area contributed by atoms with Crippen LogP contribution >= 0.6 is 11.3 Å². The Morgan fingerprint density at radius 2 is 2.16 bits per heavy atom. The molecule has 4 aromatic heterocycles. The molecule has 1 aliphatic heterocycles. The van der Waals surface area contributed by atoms with Crippen LogP contribution in [0.3, 0.4) is 0 Å². The third-order valence-electron chi connectivity index (χ3n) is 3.63. The second-order valence-corrected chi connectivity index (χ2v) is 5.66. The molecule has 0 radical (unpaired) electrons. The van der Waals surface area contributed by atoms with E-state index in [1.807, 2.05) is 29.0 Å². The fourth-order valence-electron chi connectivity index (χ4n) is 2.78. The first kappa shape index (κ1) is 9.63. The molecule has 0 bridgehead atoms. The van der Waals surface area contributed by atoms with Crippen molar-refractivity contribution in [2.45, 2.75) is 6.54 Å². The lowest BCUT2D eigenvalue weighted by molar-refractivity contribution is -0.642. The van der Waals surface area contributed by atoms with Gasteiger partial charge in [0.2, 0.25) is 5.52 Å². The van der Waals surface area contributed by atoms with Gasteiger partial charge in [-0.15, -0.1) is 0 Å². The van der Waals surface area contributed by atoms with Gasteiger partial charge in [0.25, 0.3) is 5.01 Å². The number of aromatic nitrogens is 4. The predicted molar refractivity (Wildman–Crippen MR) is 73.1 cm³/mol. The Morgan fingerprint density at radius 1 is 1.21 bits per heavy atom. The van der Waals surface area contributed by atoms with Crippen molar-refractivity contribution in [3.8, 4) is 10.6 Å². The number of hydrogen-bond acceptors (Lipinski definition) is 3. The minimum Gasteiger partial charge on any atom is -0.254 e. The molecule has 0 aliphatic carbocycles. The van der Waals surface area contributed by atoms with Gasteiger partial charge in [-0.05, 0) is 35.6 Å². The zero-order valence-electron chi connectivity index (χ0n) is 9.95. The monoisotopic (exact) mass is 265 g/mol. The van der Waals surface area contributed by atoms with Crippen LogP contribution in [0.4, 0.5) is 0 Å². The van der Waals surface area contributed by atoms with E-state index in [4.69, 9.17) is 0 Å². The first-order chi connectivity index (χ1) is 9.42. The highest BCUT2D eigenvalue weighted by Gasteiger charge is 2.33. The number of rotatable bonds is 0. The molecule has 4 nitrogen and oxygen atoms in total. The molecule has 0 atom stereocenters. The zero-order chi connectivity index (χ0) is 12.4. The van der Waals surface area contributed by atoms with Crippen LogP contribution in [0.25, 0.3) is 26.4 Å². The highest BCUT2D eigenvalue weighted by atomic mass is 32.1. The van der Waals surface area contributed by atoms with Crippen LogP contribution in [0.15, 0.2) is 42.7 Å². The summed E-state index contributed by atoms with van der Waals surface area (Å²) in [4.78, 5) is 5.68. The molecule has 19 heavy (non-hydrogen) atoms. The second kappa shape index (κ2) is 3.19. The Kier molecular flexibility index (Phi) is 1.62. The van der Waals surface area contributed by atoms with Crippen molar-refractivity contribution in [3.05, 3.63) is 48.4 Å². The molecular formula is C14H9N4S+. The molecule has 0 fully saturated rings. The highest BCUT2D eigenvalue weighted by molar-refractivity contribution is 7.20. The van der Waals surface area contributed by atoms with E-state index in [1.165, 1.54) is 26.6 Å². The lowest BCUT2D eigenvalue weighted by atomic mass is 10.2. The van der Waals surface area contributed by atoms with Gasteiger partial charge in [-0.2, -0.15) is 9.67 Å². The Morgan fingerprint density at radius 3 is 3.16 bits per heavy atom. The third kappa shape index (κ3) is 1.11. The third-order valence-corrected chi connectivity index (χ3v) is 4.84. The fraction of sp³-hybridized carbons (Fsp3) is 0.0714. The van der Waals surface area contributed by atoms with Crippen molar-refractivity contribution < 1.29 is 4.57 Å². The summed E-state index contributed by atoms with van der Waals surface area (Å²) in [5, 5.41) is 5.72. The molecule has 5 heterocycles. The van der Waals surface area contributed by atoms with Gasteiger partial charge in [0.1, 0.15) is 5.69 Å². The van der Waals surface area contributed by atoms with Gasteiger partial charge in [0.05, 0.1) is 11.1 Å². The topological polar surface area (TPSA) is 34.1 Å². The summed E-state index contributed by atoms with van der Waals surface area (Å²) in [7, 11) is 0. The van der Waals surface area contributed by atoms with Crippen LogP contribution in [-0.4, -0.2) is 14.6 Å². The van der Waals surface area contributed by atoms with Crippen LogP contribution in [0, 0.1) is 0 Å². The van der Waals surface area contributed by atoms with Crippen molar-refractivity contribution in [1.82, 2.24) is 14.6 Å². The number of nitrogens with zero attached hydrogens (tertiary/aromatic N) is 4. The van der Waals surface area contributed by atoms with E-state index in [0.29, 0.717) is 0 Å². The van der Waals surface area contributed by atoms with Crippen LogP contribution in [0.1, 0.15) is 5.69 Å². The first-order valence-corrected chi connectivity index (χ1v) is 6.97. The van der Waals surface area contributed by atoms with E-state index in [2.05, 4.69) is 32.8 Å². The van der Waals surface area contributed by atoms with Crippen molar-refractivity contribution in [1.29, 1.82) is 0 Å². The Hall–Kier alpha value is -2.27. The van der Waals surface area contributed by atoms with E-state index in [-0.39, 0.29) is 0 Å². The minimum atomic E-state index is 0.863. The summed E-state index contributed by atoms with van der Waals surface area (Å²) in [5.74, 6) is 0. The summed E-state index contributed by atoms with van der Waals surface area (Å²) in [6.07, 6.45) is 3.70. The molecule has 0 amide bonds. The number of hydrogen-bond donors (Lipinski definition) is 0. The molecule has 0 saturated heterocycles. The molecule has 0 N–H and O–H groups in total. The van der Waals surface area contributed by atoms with Crippen molar-refractivity contribution >= 4 is 27.2 Å². The SMILES string of the molecule is c1cnc2c(c1)-c1sc3c(cc4cccnn43)[n+]1C2. The molecule has 0 saturated carbocycles. The summed E-state index contributed by atoms with van der Waals surface area (Å²) in [5.41, 5.74) is 4.81. The molecule has 4 aromatic rings. The van der Waals surface area contributed by atoms with Crippen molar-refractivity contribution in [2.75, 3.05) is 0 Å². The average molecular weight is 265 g/mol.